The molecular formula is C21H22ClN3O2S. The second-order valence-corrected chi connectivity index (χ2v) is 8.76. The number of nitrogens with one attached hydrogen (secondary N) is 1. The number of hydrogen-bond acceptors (Lipinski definition) is 4. The fourth-order valence-corrected chi connectivity index (χ4v) is 4.88. The number of halogens is 1. The number of rotatable bonds is 4. The highest BCUT2D eigenvalue weighted by Gasteiger charge is 2.31. The SMILES string of the molecule is O=C1Nc2ccccc2S[C@H]1CC(=O)N1CCN(Cc2cccc(Cl)c2)CC1. The van der Waals surface area contributed by atoms with Gasteiger partial charge in [0.1, 0.15) is 0 Å². The van der Waals surface area contributed by atoms with E-state index in [2.05, 4.69) is 16.3 Å². The molecule has 0 saturated carbocycles. The minimum Gasteiger partial charge on any atom is -0.340 e. The Balaban J connectivity index is 1.29. The maximum absolute atomic E-state index is 12.7. The first-order valence-corrected chi connectivity index (χ1v) is 10.7. The third kappa shape index (κ3) is 4.51. The van der Waals surface area contributed by atoms with Gasteiger partial charge in [0.2, 0.25) is 11.8 Å². The number of piperazine rings is 1. The second kappa shape index (κ2) is 8.55. The van der Waals surface area contributed by atoms with Crippen molar-refractivity contribution in [1.29, 1.82) is 0 Å². The highest BCUT2D eigenvalue weighted by molar-refractivity contribution is 8.01. The summed E-state index contributed by atoms with van der Waals surface area (Å²) in [5, 5.41) is 3.29. The highest BCUT2D eigenvalue weighted by atomic mass is 35.5. The zero-order chi connectivity index (χ0) is 19.5. The first-order valence-electron chi connectivity index (χ1n) is 9.39. The van der Waals surface area contributed by atoms with Crippen molar-refractivity contribution < 1.29 is 9.59 Å². The molecule has 7 heteroatoms. The number of fused-ring (bicyclic) bond motifs is 1. The normalized spacial score (nSPS) is 19.8. The Morgan fingerprint density at radius 3 is 2.68 bits per heavy atom. The van der Waals surface area contributed by atoms with Crippen LogP contribution >= 0.6 is 23.4 Å². The molecule has 146 valence electrons. The van der Waals surface area contributed by atoms with Crippen LogP contribution < -0.4 is 5.32 Å². The maximum atomic E-state index is 12.7. The van der Waals surface area contributed by atoms with Gasteiger partial charge in [-0.2, -0.15) is 0 Å². The molecule has 0 unspecified atom stereocenters. The molecule has 0 radical (unpaired) electrons. The van der Waals surface area contributed by atoms with Crippen LogP contribution in [-0.4, -0.2) is 53.0 Å². The van der Waals surface area contributed by atoms with E-state index in [1.807, 2.05) is 47.4 Å². The fraction of sp³-hybridized carbons (Fsp3) is 0.333. The summed E-state index contributed by atoms with van der Waals surface area (Å²) in [6, 6.07) is 15.6. The summed E-state index contributed by atoms with van der Waals surface area (Å²) in [7, 11) is 0. The van der Waals surface area contributed by atoms with Crippen LogP contribution in [0.15, 0.2) is 53.4 Å². The van der Waals surface area contributed by atoms with Crippen LogP contribution in [-0.2, 0) is 16.1 Å². The Morgan fingerprint density at radius 2 is 1.89 bits per heavy atom. The summed E-state index contributed by atoms with van der Waals surface area (Å²) in [6.45, 7) is 3.86. The van der Waals surface area contributed by atoms with E-state index in [1.165, 1.54) is 17.3 Å². The van der Waals surface area contributed by atoms with Gasteiger partial charge in [0.15, 0.2) is 0 Å². The molecule has 1 N–H and O–H groups in total. The molecule has 2 amide bonds. The van der Waals surface area contributed by atoms with E-state index >= 15 is 0 Å². The number of hydrogen-bond donors (Lipinski definition) is 1. The predicted molar refractivity (Wildman–Crippen MR) is 113 cm³/mol. The molecule has 1 atom stereocenters. The van der Waals surface area contributed by atoms with Crippen LogP contribution in [0.25, 0.3) is 0 Å². The molecule has 0 aromatic heterocycles. The number of carbonyl (C=O) groups excluding carboxylic acids is 2. The molecule has 4 rings (SSSR count). The first-order chi connectivity index (χ1) is 13.6. The summed E-state index contributed by atoms with van der Waals surface area (Å²) in [4.78, 5) is 30.3. The molecule has 2 aromatic rings. The van der Waals surface area contributed by atoms with E-state index in [4.69, 9.17) is 11.6 Å². The van der Waals surface area contributed by atoms with Crippen LogP contribution in [0.4, 0.5) is 5.69 Å². The largest absolute Gasteiger partial charge is 0.340 e. The zero-order valence-electron chi connectivity index (χ0n) is 15.4. The average Bonchev–Trinajstić information content (AvgIpc) is 2.69. The molecule has 28 heavy (non-hydrogen) atoms. The zero-order valence-corrected chi connectivity index (χ0v) is 17.0. The topological polar surface area (TPSA) is 52.7 Å². The first kappa shape index (κ1) is 19.3. The van der Waals surface area contributed by atoms with E-state index < -0.39 is 0 Å². The molecule has 2 aliphatic heterocycles. The smallest absolute Gasteiger partial charge is 0.238 e. The molecule has 2 aliphatic rings. The van der Waals surface area contributed by atoms with Gasteiger partial charge in [-0.3, -0.25) is 14.5 Å². The van der Waals surface area contributed by atoms with E-state index in [-0.39, 0.29) is 23.5 Å². The summed E-state index contributed by atoms with van der Waals surface area (Å²) in [5.41, 5.74) is 2.01. The fourth-order valence-electron chi connectivity index (χ4n) is 3.56. The standard InChI is InChI=1S/C21H22ClN3O2S/c22-16-5-3-4-15(12-16)14-24-8-10-25(11-9-24)20(26)13-19-21(27)23-17-6-1-2-7-18(17)28-19/h1-7,12,19H,8-11,13-14H2,(H,23,27)/t19-/m0/s1. The van der Waals surface area contributed by atoms with Crippen LogP contribution in [0.5, 0.6) is 0 Å². The molecule has 0 aliphatic carbocycles. The van der Waals surface area contributed by atoms with Gasteiger partial charge in [0.05, 0.1) is 10.9 Å². The van der Waals surface area contributed by atoms with Crippen molar-refractivity contribution in [2.24, 2.45) is 0 Å². The predicted octanol–water partition coefficient (Wildman–Crippen LogP) is 3.49. The van der Waals surface area contributed by atoms with Crippen molar-refractivity contribution >= 4 is 40.9 Å². The van der Waals surface area contributed by atoms with Gasteiger partial charge in [0, 0.05) is 49.1 Å². The molecule has 0 bridgehead atoms. The minimum absolute atomic E-state index is 0.0504. The molecule has 2 aromatic carbocycles. The van der Waals surface area contributed by atoms with Crippen molar-refractivity contribution in [3.05, 3.63) is 59.1 Å². The van der Waals surface area contributed by atoms with E-state index in [0.717, 1.165) is 35.2 Å². The Labute approximate surface area is 174 Å². The van der Waals surface area contributed by atoms with E-state index in [0.29, 0.717) is 13.1 Å². The van der Waals surface area contributed by atoms with Gasteiger partial charge in [-0.1, -0.05) is 35.9 Å². The van der Waals surface area contributed by atoms with Gasteiger partial charge < -0.3 is 10.2 Å². The molecule has 0 spiro atoms. The van der Waals surface area contributed by atoms with Gasteiger partial charge >= 0.3 is 0 Å². The maximum Gasteiger partial charge on any atom is 0.238 e. The van der Waals surface area contributed by atoms with Crippen LogP contribution in [0.3, 0.4) is 0 Å². The number of nitrogens with zero attached hydrogens (tertiary/aromatic N) is 2. The number of amides is 2. The van der Waals surface area contributed by atoms with Crippen LogP contribution in [0.2, 0.25) is 5.02 Å². The van der Waals surface area contributed by atoms with Gasteiger partial charge in [-0.15, -0.1) is 11.8 Å². The summed E-state index contributed by atoms with van der Waals surface area (Å²) >= 11 is 7.54. The van der Waals surface area contributed by atoms with Crippen molar-refractivity contribution in [3.8, 4) is 0 Å². The van der Waals surface area contributed by atoms with Crippen molar-refractivity contribution in [2.75, 3.05) is 31.5 Å². The van der Waals surface area contributed by atoms with E-state index in [9.17, 15) is 9.59 Å². The summed E-state index contributed by atoms with van der Waals surface area (Å²) < 4.78 is 0. The molecule has 2 heterocycles. The lowest BCUT2D eigenvalue weighted by molar-refractivity contribution is -0.134. The number of thioether (sulfide) groups is 1. The number of anilines is 1. The number of benzene rings is 2. The monoisotopic (exact) mass is 415 g/mol. The molecular weight excluding hydrogens is 394 g/mol. The van der Waals surface area contributed by atoms with Crippen molar-refractivity contribution in [1.82, 2.24) is 9.80 Å². The Hall–Kier alpha value is -2.02. The lowest BCUT2D eigenvalue weighted by atomic mass is 10.2. The second-order valence-electron chi connectivity index (χ2n) is 7.08. The molecule has 5 nitrogen and oxygen atoms in total. The van der Waals surface area contributed by atoms with Crippen LogP contribution in [0, 0.1) is 0 Å². The van der Waals surface area contributed by atoms with Crippen molar-refractivity contribution in [2.45, 2.75) is 23.1 Å². The molecule has 1 fully saturated rings. The Kier molecular flexibility index (Phi) is 5.90. The van der Waals surface area contributed by atoms with Gasteiger partial charge in [-0.25, -0.2) is 0 Å². The number of carbonyl (C=O) groups is 2. The van der Waals surface area contributed by atoms with E-state index in [1.54, 1.807) is 0 Å². The quantitative estimate of drug-likeness (QED) is 0.830. The average molecular weight is 416 g/mol. The van der Waals surface area contributed by atoms with Crippen LogP contribution in [0.1, 0.15) is 12.0 Å². The van der Waals surface area contributed by atoms with Crippen molar-refractivity contribution in [3.63, 3.8) is 0 Å². The van der Waals surface area contributed by atoms with Gasteiger partial charge in [-0.05, 0) is 29.8 Å². The number of para-hydroxylation sites is 1. The lowest BCUT2D eigenvalue weighted by Gasteiger charge is -2.35. The lowest BCUT2D eigenvalue weighted by Crippen LogP contribution is -2.49. The van der Waals surface area contributed by atoms with Gasteiger partial charge in [0.25, 0.3) is 0 Å². The summed E-state index contributed by atoms with van der Waals surface area (Å²) in [6.07, 6.45) is 0.235. The third-order valence-electron chi connectivity index (χ3n) is 5.09. The Bertz CT molecular complexity index is 883. The third-order valence-corrected chi connectivity index (χ3v) is 6.60. The summed E-state index contributed by atoms with van der Waals surface area (Å²) in [5.74, 6) is -0.0360. The molecule has 1 saturated heterocycles. The highest BCUT2D eigenvalue weighted by Crippen LogP contribution is 2.36. The Morgan fingerprint density at radius 1 is 1.11 bits per heavy atom. The minimum atomic E-state index is -0.369.